The maximum Gasteiger partial charge on any atom is 0.359 e. The van der Waals surface area contributed by atoms with Crippen LogP contribution >= 0.6 is 0 Å². The molecule has 1 nitrogen and oxygen atoms in total. The predicted octanol–water partition coefficient (Wildman–Crippen LogP) is 5.80. The second-order valence-corrected chi connectivity index (χ2v) is 7.08. The minimum Gasteiger partial charge on any atom is -0.312 e. The van der Waals surface area contributed by atoms with Crippen LogP contribution in [0.3, 0.4) is 0 Å². The lowest BCUT2D eigenvalue weighted by Gasteiger charge is -2.29. The highest BCUT2D eigenvalue weighted by molar-refractivity contribution is 5.67. The summed E-state index contributed by atoms with van der Waals surface area (Å²) in [6, 6.07) is 8.69. The molecule has 0 saturated carbocycles. The third-order valence-electron chi connectivity index (χ3n) is 5.57. The van der Waals surface area contributed by atoms with Crippen LogP contribution in [0.4, 0.5) is 17.6 Å². The Hall–Kier alpha value is -1.88. The van der Waals surface area contributed by atoms with Crippen molar-refractivity contribution in [2.45, 2.75) is 38.9 Å². The van der Waals surface area contributed by atoms with E-state index in [0.29, 0.717) is 24.0 Å². The van der Waals surface area contributed by atoms with Gasteiger partial charge in [0.05, 0.1) is 12.0 Å². The first-order valence-corrected chi connectivity index (χ1v) is 8.43. The fraction of sp³-hybridized carbons (Fsp3) is 0.400. The van der Waals surface area contributed by atoms with E-state index in [1.807, 2.05) is 19.1 Å². The van der Waals surface area contributed by atoms with Crippen LogP contribution in [0, 0.1) is 30.4 Å². The average molecular weight is 350 g/mol. The van der Waals surface area contributed by atoms with Crippen LogP contribution in [0.2, 0.25) is 0 Å². The molecule has 1 heterocycles. The lowest BCUT2D eigenvalue weighted by atomic mass is 9.76. The fourth-order valence-electron chi connectivity index (χ4n) is 4.02. The van der Waals surface area contributed by atoms with E-state index in [-0.39, 0.29) is 11.1 Å². The summed E-state index contributed by atoms with van der Waals surface area (Å²) in [5, 5.41) is 0. The van der Waals surface area contributed by atoms with Gasteiger partial charge in [-0.3, -0.25) is 0 Å². The van der Waals surface area contributed by atoms with Gasteiger partial charge in [0, 0.05) is 17.0 Å². The summed E-state index contributed by atoms with van der Waals surface area (Å²) < 4.78 is 62.2. The van der Waals surface area contributed by atoms with Gasteiger partial charge in [0.2, 0.25) is 0 Å². The van der Waals surface area contributed by atoms with E-state index in [1.165, 1.54) is 6.92 Å². The molecule has 0 bridgehead atoms. The number of hydrogen-bond acceptors (Lipinski definition) is 1. The van der Waals surface area contributed by atoms with Gasteiger partial charge in [-0.1, -0.05) is 36.8 Å². The molecule has 2 aromatic rings. The third kappa shape index (κ3) is 2.48. The lowest BCUT2D eigenvalue weighted by molar-refractivity contribution is -0.245. The average Bonchev–Trinajstić information content (AvgIpc) is 2.81. The number of benzene rings is 2. The van der Waals surface area contributed by atoms with Crippen molar-refractivity contribution in [2.24, 2.45) is 11.8 Å². The van der Waals surface area contributed by atoms with Gasteiger partial charge >= 0.3 is 6.11 Å². The van der Waals surface area contributed by atoms with Crippen molar-refractivity contribution in [3.63, 3.8) is 0 Å². The molecular formula is C20H18F4O. The molecule has 0 radical (unpaired) electrons. The van der Waals surface area contributed by atoms with Crippen LogP contribution in [-0.2, 0) is 11.2 Å². The van der Waals surface area contributed by atoms with Crippen LogP contribution < -0.4 is 0 Å². The topological polar surface area (TPSA) is 9.23 Å². The maximum absolute atomic E-state index is 14.8. The second-order valence-electron chi connectivity index (χ2n) is 7.08. The van der Waals surface area contributed by atoms with Crippen LogP contribution in [0.15, 0.2) is 30.3 Å². The van der Waals surface area contributed by atoms with Crippen molar-refractivity contribution in [2.75, 3.05) is 0 Å². The van der Waals surface area contributed by atoms with Crippen molar-refractivity contribution >= 4 is 0 Å². The molecule has 1 aliphatic heterocycles. The molecule has 1 aliphatic carbocycles. The quantitative estimate of drug-likeness (QED) is 0.590. The molecule has 3 atom stereocenters. The third-order valence-corrected chi connectivity index (χ3v) is 5.57. The molecule has 0 spiro atoms. The second kappa shape index (κ2) is 5.56. The fourth-order valence-corrected chi connectivity index (χ4v) is 4.02. The maximum atomic E-state index is 14.8. The molecule has 0 aromatic heterocycles. The number of hydrogen-bond donors (Lipinski definition) is 0. The Kier molecular flexibility index (Phi) is 3.69. The zero-order valence-electron chi connectivity index (χ0n) is 14.0. The van der Waals surface area contributed by atoms with E-state index >= 15 is 0 Å². The van der Waals surface area contributed by atoms with Crippen LogP contribution in [0.5, 0.6) is 0 Å². The van der Waals surface area contributed by atoms with Gasteiger partial charge in [0.25, 0.3) is 0 Å². The molecule has 132 valence electrons. The van der Waals surface area contributed by atoms with E-state index in [2.05, 4.69) is 0 Å². The summed E-state index contributed by atoms with van der Waals surface area (Å²) in [7, 11) is 0. The van der Waals surface area contributed by atoms with Crippen molar-refractivity contribution in [3.8, 4) is 11.1 Å². The van der Waals surface area contributed by atoms with Crippen molar-refractivity contribution in [3.05, 3.63) is 58.7 Å². The first kappa shape index (κ1) is 16.6. The van der Waals surface area contributed by atoms with Gasteiger partial charge in [-0.25, -0.2) is 8.78 Å². The SMILES string of the molecule is Cc1ccc(-c2cc3c(c(F)c2F)C2OC(F)(F)C(C)C2CC3)cc1. The summed E-state index contributed by atoms with van der Waals surface area (Å²) in [5.41, 5.74) is 2.26. The molecule has 2 aromatic carbocycles. The highest BCUT2D eigenvalue weighted by atomic mass is 19.3. The highest BCUT2D eigenvalue weighted by Gasteiger charge is 2.56. The van der Waals surface area contributed by atoms with Gasteiger partial charge in [0.15, 0.2) is 11.6 Å². The highest BCUT2D eigenvalue weighted by Crippen LogP contribution is 2.55. The Morgan fingerprint density at radius 3 is 2.44 bits per heavy atom. The summed E-state index contributed by atoms with van der Waals surface area (Å²) in [6.07, 6.45) is -3.48. The molecule has 1 saturated heterocycles. The van der Waals surface area contributed by atoms with Gasteiger partial charge < -0.3 is 4.74 Å². The number of alkyl halides is 2. The van der Waals surface area contributed by atoms with Gasteiger partial charge in [-0.05, 0) is 37.0 Å². The number of halogens is 4. The Morgan fingerprint density at radius 1 is 1.08 bits per heavy atom. The summed E-state index contributed by atoms with van der Waals surface area (Å²) in [5.74, 6) is -3.58. The van der Waals surface area contributed by atoms with E-state index < -0.39 is 35.7 Å². The molecule has 25 heavy (non-hydrogen) atoms. The van der Waals surface area contributed by atoms with Crippen LogP contribution in [0.1, 0.15) is 36.1 Å². The normalized spacial score (nSPS) is 27.0. The number of aryl methyl sites for hydroxylation is 2. The van der Waals surface area contributed by atoms with E-state index in [4.69, 9.17) is 4.74 Å². The van der Waals surface area contributed by atoms with Crippen molar-refractivity contribution < 1.29 is 22.3 Å². The summed E-state index contributed by atoms with van der Waals surface area (Å²) in [4.78, 5) is 0. The molecular weight excluding hydrogens is 332 g/mol. The molecule has 1 fully saturated rings. The standard InChI is InChI=1S/C20H18F4O/c1-10-3-5-12(6-4-10)15-9-13-7-8-14-11(2)20(23,24)25-19(14)16(13)18(22)17(15)21/h3-6,9,11,14,19H,7-8H2,1-2H3. The molecule has 0 N–H and O–H groups in total. The number of ether oxygens (including phenoxy) is 1. The van der Waals surface area contributed by atoms with E-state index in [0.717, 1.165) is 5.56 Å². The lowest BCUT2D eigenvalue weighted by Crippen LogP contribution is -2.25. The summed E-state index contributed by atoms with van der Waals surface area (Å²) >= 11 is 0. The smallest absolute Gasteiger partial charge is 0.312 e. The molecule has 2 aliphatic rings. The Labute approximate surface area is 143 Å². The first-order valence-electron chi connectivity index (χ1n) is 8.43. The van der Waals surface area contributed by atoms with Crippen molar-refractivity contribution in [1.82, 2.24) is 0 Å². The summed E-state index contributed by atoms with van der Waals surface area (Å²) in [6.45, 7) is 3.32. The Balaban J connectivity index is 1.83. The van der Waals surface area contributed by atoms with Crippen molar-refractivity contribution in [1.29, 1.82) is 0 Å². The zero-order valence-corrected chi connectivity index (χ0v) is 14.0. The van der Waals surface area contributed by atoms with Gasteiger partial charge in [-0.15, -0.1) is 0 Å². The number of fused-ring (bicyclic) bond motifs is 3. The number of rotatable bonds is 1. The van der Waals surface area contributed by atoms with E-state index in [1.54, 1.807) is 18.2 Å². The minimum atomic E-state index is -3.31. The largest absolute Gasteiger partial charge is 0.359 e. The molecule has 0 amide bonds. The van der Waals surface area contributed by atoms with Gasteiger partial charge in [0.1, 0.15) is 0 Å². The van der Waals surface area contributed by atoms with Crippen LogP contribution in [-0.4, -0.2) is 6.11 Å². The Morgan fingerprint density at radius 2 is 1.76 bits per heavy atom. The molecule has 4 rings (SSSR count). The predicted molar refractivity (Wildman–Crippen MR) is 86.3 cm³/mol. The minimum absolute atomic E-state index is 0.0337. The Bertz CT molecular complexity index is 829. The molecule has 3 unspecified atom stereocenters. The van der Waals surface area contributed by atoms with Gasteiger partial charge in [-0.2, -0.15) is 8.78 Å². The zero-order chi connectivity index (χ0) is 17.9. The monoisotopic (exact) mass is 350 g/mol. The molecule has 5 heteroatoms. The first-order chi connectivity index (χ1) is 11.8. The van der Waals surface area contributed by atoms with E-state index in [9.17, 15) is 17.6 Å². The van der Waals surface area contributed by atoms with Crippen LogP contribution in [0.25, 0.3) is 11.1 Å².